The van der Waals surface area contributed by atoms with Crippen LogP contribution in [-0.4, -0.2) is 16.9 Å². The van der Waals surface area contributed by atoms with Crippen molar-refractivity contribution in [2.75, 3.05) is 0 Å². The lowest BCUT2D eigenvalue weighted by Crippen LogP contribution is -2.28. The summed E-state index contributed by atoms with van der Waals surface area (Å²) in [5.74, 6) is 1.77. The number of ether oxygens (including phenoxy) is 1. The van der Waals surface area contributed by atoms with E-state index in [1.54, 1.807) is 6.20 Å². The number of benzene rings is 1. The van der Waals surface area contributed by atoms with Crippen molar-refractivity contribution >= 4 is 23.6 Å². The summed E-state index contributed by atoms with van der Waals surface area (Å²) < 4.78 is 5.77. The number of carbonyl (C=O) groups is 1. The fourth-order valence-electron chi connectivity index (χ4n) is 2.59. The van der Waals surface area contributed by atoms with Gasteiger partial charge in [0, 0.05) is 30.3 Å². The molecule has 0 bridgehead atoms. The molecule has 1 N–H and O–H groups in total. The normalized spacial score (nSPS) is 15.2. The van der Waals surface area contributed by atoms with Gasteiger partial charge in [0.25, 0.3) is 0 Å². The van der Waals surface area contributed by atoms with Crippen LogP contribution in [0.1, 0.15) is 43.7 Å². The summed E-state index contributed by atoms with van der Waals surface area (Å²) >= 11 is 6.32. The van der Waals surface area contributed by atoms with Crippen molar-refractivity contribution in [1.29, 1.82) is 0 Å². The van der Waals surface area contributed by atoms with E-state index >= 15 is 0 Å². The molecule has 1 aliphatic rings. The summed E-state index contributed by atoms with van der Waals surface area (Å²) in [5.41, 5.74) is 2.14. The Hall–Kier alpha value is -2.33. The van der Waals surface area contributed by atoms with Gasteiger partial charge < -0.3 is 10.1 Å². The van der Waals surface area contributed by atoms with Crippen LogP contribution >= 0.6 is 11.6 Å². The Bertz CT molecular complexity index is 783. The van der Waals surface area contributed by atoms with Crippen molar-refractivity contribution in [2.24, 2.45) is 0 Å². The number of amides is 1. The summed E-state index contributed by atoms with van der Waals surface area (Å²) in [5, 5.41) is 3.55. The number of nitrogens with one attached hydrogen (secondary N) is 1. The van der Waals surface area contributed by atoms with Crippen LogP contribution in [0.3, 0.4) is 0 Å². The van der Waals surface area contributed by atoms with Crippen molar-refractivity contribution in [3.8, 4) is 11.6 Å². The molecule has 0 saturated heterocycles. The largest absolute Gasteiger partial charge is 0.439 e. The van der Waals surface area contributed by atoms with Crippen molar-refractivity contribution in [3.63, 3.8) is 0 Å². The molecule has 3 rings (SSSR count). The van der Waals surface area contributed by atoms with Crippen LogP contribution in [0.25, 0.3) is 6.08 Å². The highest BCUT2D eigenvalue weighted by molar-refractivity contribution is 6.31. The van der Waals surface area contributed by atoms with E-state index in [4.69, 9.17) is 16.3 Å². The Morgan fingerprint density at radius 3 is 2.76 bits per heavy atom. The Morgan fingerprint density at radius 2 is 2.16 bits per heavy atom. The van der Waals surface area contributed by atoms with E-state index in [-0.39, 0.29) is 11.9 Å². The monoisotopic (exact) mass is 356 g/mol. The van der Waals surface area contributed by atoms with Crippen LogP contribution in [0.15, 0.2) is 42.6 Å². The number of carbonyl (C=O) groups excluding carboxylic acids is 1. The highest BCUT2D eigenvalue weighted by Gasteiger charge is 2.25. The number of rotatable bonds is 6. The molecule has 1 aromatic carbocycles. The van der Waals surface area contributed by atoms with Crippen LogP contribution in [0.5, 0.6) is 11.6 Å². The SMILES string of the molecule is CC(=O)N[C@@H](C)/C=C/c1ccc(Oc2ccc(C3CC3)c(Cl)c2)nc1. The van der Waals surface area contributed by atoms with E-state index in [2.05, 4.69) is 10.3 Å². The van der Waals surface area contributed by atoms with Gasteiger partial charge in [-0.05, 0) is 55.0 Å². The van der Waals surface area contributed by atoms with E-state index in [9.17, 15) is 4.79 Å². The lowest BCUT2D eigenvalue weighted by Gasteiger charge is -2.08. The van der Waals surface area contributed by atoms with E-state index in [1.807, 2.05) is 49.4 Å². The van der Waals surface area contributed by atoms with Crippen molar-refractivity contribution < 1.29 is 9.53 Å². The number of aromatic nitrogens is 1. The number of pyridine rings is 1. The van der Waals surface area contributed by atoms with Gasteiger partial charge in [-0.1, -0.05) is 29.8 Å². The molecule has 1 atom stereocenters. The fourth-order valence-corrected chi connectivity index (χ4v) is 2.92. The summed E-state index contributed by atoms with van der Waals surface area (Å²) in [6.07, 6.45) is 7.99. The molecular weight excluding hydrogens is 336 g/mol. The van der Waals surface area contributed by atoms with Crippen molar-refractivity contribution in [3.05, 3.63) is 58.8 Å². The molecule has 0 radical (unpaired) electrons. The van der Waals surface area contributed by atoms with Crippen LogP contribution in [0.2, 0.25) is 5.02 Å². The van der Waals surface area contributed by atoms with Crippen LogP contribution < -0.4 is 10.1 Å². The highest BCUT2D eigenvalue weighted by Crippen LogP contribution is 2.44. The number of hydrogen-bond acceptors (Lipinski definition) is 3. The first-order chi connectivity index (χ1) is 12.0. The Kier molecular flexibility index (Phi) is 5.39. The molecule has 1 amide bonds. The lowest BCUT2D eigenvalue weighted by atomic mass is 10.1. The molecular formula is C20H21ClN2O2. The van der Waals surface area contributed by atoms with Crippen molar-refractivity contribution in [1.82, 2.24) is 10.3 Å². The molecule has 1 fully saturated rings. The van der Waals surface area contributed by atoms with E-state index in [0.717, 1.165) is 10.6 Å². The molecule has 1 heterocycles. The highest BCUT2D eigenvalue weighted by atomic mass is 35.5. The van der Waals surface area contributed by atoms with Gasteiger partial charge in [0.1, 0.15) is 5.75 Å². The second kappa shape index (κ2) is 7.70. The zero-order valence-electron chi connectivity index (χ0n) is 14.3. The molecule has 0 unspecified atom stereocenters. The molecule has 0 spiro atoms. The van der Waals surface area contributed by atoms with Gasteiger partial charge in [0.05, 0.1) is 0 Å². The topological polar surface area (TPSA) is 51.2 Å². The maximum atomic E-state index is 11.0. The molecule has 1 saturated carbocycles. The van der Waals surface area contributed by atoms with Gasteiger partial charge >= 0.3 is 0 Å². The maximum absolute atomic E-state index is 11.0. The van der Waals surface area contributed by atoms with Crippen LogP contribution in [0, 0.1) is 0 Å². The Labute approximate surface area is 152 Å². The minimum Gasteiger partial charge on any atom is -0.439 e. The number of nitrogens with zero attached hydrogens (tertiary/aromatic N) is 1. The third-order valence-corrected chi connectivity index (χ3v) is 4.31. The third-order valence-electron chi connectivity index (χ3n) is 3.98. The minimum absolute atomic E-state index is 0.0273. The average Bonchev–Trinajstić information content (AvgIpc) is 3.38. The van der Waals surface area contributed by atoms with Crippen LogP contribution in [0.4, 0.5) is 0 Å². The lowest BCUT2D eigenvalue weighted by molar-refractivity contribution is -0.119. The number of halogens is 1. The Morgan fingerprint density at radius 1 is 1.36 bits per heavy atom. The zero-order chi connectivity index (χ0) is 17.8. The minimum atomic E-state index is -0.0506. The van der Waals surface area contributed by atoms with Crippen LogP contribution in [-0.2, 0) is 4.79 Å². The second-order valence-electron chi connectivity index (χ2n) is 6.34. The fraction of sp³-hybridized carbons (Fsp3) is 0.300. The standard InChI is InChI=1S/C20H21ClN2O2/c1-13(23-14(2)24)3-4-15-5-10-20(22-12-15)25-17-8-9-18(16-6-7-16)19(21)11-17/h3-5,8-13,16H,6-7H2,1-2H3,(H,23,24)/b4-3+/t13-/m0/s1. The molecule has 1 aliphatic carbocycles. The molecule has 5 heteroatoms. The smallest absolute Gasteiger partial charge is 0.219 e. The van der Waals surface area contributed by atoms with E-state index in [1.165, 1.54) is 25.3 Å². The second-order valence-corrected chi connectivity index (χ2v) is 6.74. The van der Waals surface area contributed by atoms with E-state index < -0.39 is 0 Å². The maximum Gasteiger partial charge on any atom is 0.219 e. The van der Waals surface area contributed by atoms with Gasteiger partial charge in [0.15, 0.2) is 0 Å². The predicted octanol–water partition coefficient (Wildman–Crippen LogP) is 4.94. The zero-order valence-corrected chi connectivity index (χ0v) is 15.1. The Balaban J connectivity index is 1.61. The molecule has 0 aliphatic heterocycles. The van der Waals surface area contributed by atoms with Gasteiger partial charge in [-0.25, -0.2) is 4.98 Å². The van der Waals surface area contributed by atoms with Gasteiger partial charge in [-0.15, -0.1) is 0 Å². The third kappa shape index (κ3) is 5.07. The number of hydrogen-bond donors (Lipinski definition) is 1. The molecule has 4 nitrogen and oxygen atoms in total. The summed E-state index contributed by atoms with van der Waals surface area (Å²) in [7, 11) is 0. The predicted molar refractivity (Wildman–Crippen MR) is 100 cm³/mol. The quantitative estimate of drug-likeness (QED) is 0.797. The van der Waals surface area contributed by atoms with Gasteiger partial charge in [-0.3, -0.25) is 4.79 Å². The average molecular weight is 357 g/mol. The van der Waals surface area contributed by atoms with E-state index in [0.29, 0.717) is 17.5 Å². The summed E-state index contributed by atoms with van der Waals surface area (Å²) in [4.78, 5) is 15.3. The summed E-state index contributed by atoms with van der Waals surface area (Å²) in [6.45, 7) is 3.42. The van der Waals surface area contributed by atoms with Crippen molar-refractivity contribution in [2.45, 2.75) is 38.6 Å². The van der Waals surface area contributed by atoms with Gasteiger partial charge in [0.2, 0.25) is 11.8 Å². The first-order valence-corrected chi connectivity index (χ1v) is 8.78. The first kappa shape index (κ1) is 17.5. The molecule has 130 valence electrons. The molecule has 25 heavy (non-hydrogen) atoms. The molecule has 2 aromatic rings. The first-order valence-electron chi connectivity index (χ1n) is 8.40. The van der Waals surface area contributed by atoms with Gasteiger partial charge in [-0.2, -0.15) is 0 Å². The molecule has 1 aromatic heterocycles. The summed E-state index contributed by atoms with van der Waals surface area (Å²) in [6, 6.07) is 9.52.